The number of hydrogen-bond acceptors (Lipinski definition) is 5. The first-order valence-corrected chi connectivity index (χ1v) is 8.48. The molecule has 9 heteroatoms. The summed E-state index contributed by atoms with van der Waals surface area (Å²) < 4.78 is 28.3. The molecule has 1 aliphatic heterocycles. The number of aromatic amines is 1. The highest BCUT2D eigenvalue weighted by atomic mass is 32.2. The zero-order valence-electron chi connectivity index (χ0n) is 10.5. The summed E-state index contributed by atoms with van der Waals surface area (Å²) in [6.07, 6.45) is 2.66. The number of rotatable bonds is 5. The van der Waals surface area contributed by atoms with Crippen LogP contribution >= 0.6 is 11.3 Å². The first-order valence-electron chi connectivity index (χ1n) is 6.16. The van der Waals surface area contributed by atoms with Crippen molar-refractivity contribution in [2.24, 2.45) is 5.73 Å². The number of H-pyrrole nitrogens is 1. The van der Waals surface area contributed by atoms with E-state index in [9.17, 15) is 13.2 Å². The van der Waals surface area contributed by atoms with Crippen LogP contribution in [0.2, 0.25) is 0 Å². The minimum absolute atomic E-state index is 0.0921. The van der Waals surface area contributed by atoms with Crippen LogP contribution in [-0.4, -0.2) is 36.8 Å². The molecule has 7 nitrogen and oxygen atoms in total. The minimum Gasteiger partial charge on any atom is -0.329 e. The van der Waals surface area contributed by atoms with Crippen LogP contribution in [0.25, 0.3) is 0 Å². The van der Waals surface area contributed by atoms with Gasteiger partial charge in [-0.3, -0.25) is 4.79 Å². The molecule has 4 N–H and O–H groups in total. The quantitative estimate of drug-likeness (QED) is 0.687. The highest BCUT2D eigenvalue weighted by Crippen LogP contribution is 2.19. The summed E-state index contributed by atoms with van der Waals surface area (Å²) in [5.41, 5.74) is 6.19. The molecule has 1 aliphatic rings. The molecule has 0 spiro atoms. The lowest BCUT2D eigenvalue weighted by molar-refractivity contribution is 0.254. The molecule has 1 saturated heterocycles. The second-order valence-electron chi connectivity index (χ2n) is 4.50. The number of aromatic nitrogens is 1. The smallest absolute Gasteiger partial charge is 0.304 e. The second kappa shape index (κ2) is 6.14. The highest BCUT2D eigenvalue weighted by Gasteiger charge is 2.31. The lowest BCUT2D eigenvalue weighted by atomic mass is 10.1. The van der Waals surface area contributed by atoms with Crippen molar-refractivity contribution in [1.82, 2.24) is 14.0 Å². The first-order chi connectivity index (χ1) is 9.03. The van der Waals surface area contributed by atoms with E-state index in [1.54, 1.807) is 5.38 Å². The van der Waals surface area contributed by atoms with Gasteiger partial charge in [-0.2, -0.15) is 17.4 Å². The van der Waals surface area contributed by atoms with E-state index in [1.807, 2.05) is 0 Å². The first kappa shape index (κ1) is 14.7. The van der Waals surface area contributed by atoms with E-state index >= 15 is 0 Å². The van der Waals surface area contributed by atoms with Gasteiger partial charge in [0.2, 0.25) is 0 Å². The number of nitrogens with two attached hydrogens (primary N) is 1. The fraction of sp³-hybridized carbons (Fsp3) is 0.700. The van der Waals surface area contributed by atoms with E-state index in [0.29, 0.717) is 18.8 Å². The maximum absolute atomic E-state index is 12.2. The molecule has 1 fully saturated rings. The Bertz CT molecular complexity index is 565. The fourth-order valence-corrected chi connectivity index (χ4v) is 4.22. The maximum atomic E-state index is 12.2. The Morgan fingerprint density at radius 3 is 2.95 bits per heavy atom. The zero-order chi connectivity index (χ0) is 13.9. The van der Waals surface area contributed by atoms with Gasteiger partial charge < -0.3 is 10.7 Å². The molecule has 1 atom stereocenters. The van der Waals surface area contributed by atoms with Crippen LogP contribution in [0.5, 0.6) is 0 Å². The largest absolute Gasteiger partial charge is 0.329 e. The second-order valence-corrected chi connectivity index (χ2v) is 7.05. The van der Waals surface area contributed by atoms with Gasteiger partial charge in [-0.1, -0.05) is 17.8 Å². The fourth-order valence-electron chi connectivity index (χ4n) is 2.18. The molecule has 2 rings (SSSR count). The van der Waals surface area contributed by atoms with E-state index < -0.39 is 10.2 Å². The number of piperidine rings is 1. The molecule has 1 unspecified atom stereocenters. The van der Waals surface area contributed by atoms with Crippen LogP contribution in [0.4, 0.5) is 0 Å². The van der Waals surface area contributed by atoms with Crippen LogP contribution in [-0.2, 0) is 16.8 Å². The third kappa shape index (κ3) is 3.63. The lowest BCUT2D eigenvalue weighted by Crippen LogP contribution is -2.51. The molecule has 108 valence electrons. The van der Waals surface area contributed by atoms with Gasteiger partial charge >= 0.3 is 4.87 Å². The average Bonchev–Trinajstić information content (AvgIpc) is 2.82. The van der Waals surface area contributed by atoms with Gasteiger partial charge in [0.05, 0.1) is 6.54 Å². The lowest BCUT2D eigenvalue weighted by Gasteiger charge is -2.33. The summed E-state index contributed by atoms with van der Waals surface area (Å²) >= 11 is 1.02. The molecule has 0 amide bonds. The van der Waals surface area contributed by atoms with Crippen molar-refractivity contribution in [1.29, 1.82) is 0 Å². The summed E-state index contributed by atoms with van der Waals surface area (Å²) in [6.45, 7) is 0.919. The topological polar surface area (TPSA) is 108 Å². The monoisotopic (exact) mass is 306 g/mol. The highest BCUT2D eigenvalue weighted by molar-refractivity contribution is 7.87. The van der Waals surface area contributed by atoms with Gasteiger partial charge in [-0.15, -0.1) is 0 Å². The van der Waals surface area contributed by atoms with Gasteiger partial charge in [0.25, 0.3) is 10.2 Å². The molecule has 0 bridgehead atoms. The summed E-state index contributed by atoms with van der Waals surface area (Å²) in [5.74, 6) is 0. The molecule has 1 aromatic heterocycles. The van der Waals surface area contributed by atoms with E-state index in [-0.39, 0.29) is 17.5 Å². The summed E-state index contributed by atoms with van der Waals surface area (Å²) in [7, 11) is -3.55. The van der Waals surface area contributed by atoms with E-state index in [2.05, 4.69) is 9.71 Å². The molecule has 0 radical (unpaired) electrons. The van der Waals surface area contributed by atoms with Gasteiger partial charge in [0.1, 0.15) is 0 Å². The predicted octanol–water partition coefficient (Wildman–Crippen LogP) is -0.416. The Hall–Kier alpha value is -0.740. The van der Waals surface area contributed by atoms with E-state index in [0.717, 1.165) is 30.6 Å². The van der Waals surface area contributed by atoms with Crippen molar-refractivity contribution >= 4 is 21.5 Å². The number of thiazole rings is 1. The number of nitrogens with one attached hydrogen (secondary N) is 2. The molecular formula is C10H18N4O3S2. The molecule has 0 aromatic carbocycles. The van der Waals surface area contributed by atoms with Gasteiger partial charge in [-0.05, 0) is 12.8 Å². The Balaban J connectivity index is 2.02. The predicted molar refractivity (Wildman–Crippen MR) is 74.1 cm³/mol. The van der Waals surface area contributed by atoms with Crippen LogP contribution in [0.1, 0.15) is 25.0 Å². The van der Waals surface area contributed by atoms with Crippen LogP contribution < -0.4 is 15.3 Å². The Morgan fingerprint density at radius 2 is 2.32 bits per heavy atom. The Kier molecular flexibility index (Phi) is 4.74. The van der Waals surface area contributed by atoms with Crippen molar-refractivity contribution in [3.8, 4) is 0 Å². The van der Waals surface area contributed by atoms with E-state index in [4.69, 9.17) is 5.73 Å². The normalized spacial score (nSPS) is 21.6. The van der Waals surface area contributed by atoms with Crippen molar-refractivity contribution < 1.29 is 8.42 Å². The van der Waals surface area contributed by atoms with Crippen molar-refractivity contribution in [2.45, 2.75) is 31.8 Å². The third-order valence-electron chi connectivity index (χ3n) is 3.17. The number of nitrogens with zero attached hydrogens (tertiary/aromatic N) is 1. The molecule has 1 aromatic rings. The van der Waals surface area contributed by atoms with Crippen LogP contribution in [0, 0.1) is 0 Å². The van der Waals surface area contributed by atoms with Crippen molar-refractivity contribution in [3.05, 3.63) is 20.7 Å². The molecule has 19 heavy (non-hydrogen) atoms. The summed E-state index contributed by atoms with van der Waals surface area (Å²) in [4.78, 5) is 13.4. The summed E-state index contributed by atoms with van der Waals surface area (Å²) in [6, 6.07) is -0.132. The standard InChI is InChI=1S/C10H18N4O3S2/c11-5-9-3-1-2-4-14(9)19(16,17)12-6-8-7-18-10(15)13-8/h7,9,12H,1-6,11H2,(H,13,15). The molecule has 2 heterocycles. The average molecular weight is 306 g/mol. The van der Waals surface area contributed by atoms with Crippen LogP contribution in [0.15, 0.2) is 10.2 Å². The number of hydrogen-bond donors (Lipinski definition) is 3. The van der Waals surface area contributed by atoms with Crippen molar-refractivity contribution in [3.63, 3.8) is 0 Å². The van der Waals surface area contributed by atoms with Gasteiger partial charge in [-0.25, -0.2) is 0 Å². The molecule has 0 saturated carbocycles. The van der Waals surface area contributed by atoms with Gasteiger partial charge in [0, 0.05) is 30.2 Å². The van der Waals surface area contributed by atoms with Crippen molar-refractivity contribution in [2.75, 3.05) is 13.1 Å². The SMILES string of the molecule is NCC1CCCCN1S(=O)(=O)NCc1csc(=O)[nH]1. The minimum atomic E-state index is -3.55. The van der Waals surface area contributed by atoms with E-state index in [1.165, 1.54) is 4.31 Å². The van der Waals surface area contributed by atoms with Gasteiger partial charge in [0.15, 0.2) is 0 Å². The maximum Gasteiger partial charge on any atom is 0.304 e. The third-order valence-corrected chi connectivity index (χ3v) is 5.50. The Morgan fingerprint density at radius 1 is 1.53 bits per heavy atom. The zero-order valence-corrected chi connectivity index (χ0v) is 12.1. The molecular weight excluding hydrogens is 288 g/mol. The Labute approximate surface area is 116 Å². The van der Waals surface area contributed by atoms with Crippen LogP contribution in [0.3, 0.4) is 0 Å². The summed E-state index contributed by atoms with van der Waals surface area (Å²) in [5, 5.41) is 1.61. The molecule has 0 aliphatic carbocycles.